The summed E-state index contributed by atoms with van der Waals surface area (Å²) in [6.07, 6.45) is 0. The number of benzene rings is 14. The van der Waals surface area contributed by atoms with Gasteiger partial charge in [0.1, 0.15) is 22.3 Å². The minimum Gasteiger partial charge on any atom is -0.455 e. The Kier molecular flexibility index (Phi) is 10.2. The van der Waals surface area contributed by atoms with Crippen molar-refractivity contribution in [3.8, 4) is 22.3 Å². The summed E-state index contributed by atoms with van der Waals surface area (Å²) in [6, 6.07) is 88.8. The lowest BCUT2D eigenvalue weighted by molar-refractivity contribution is 0.670. The molecular formula is C76H52N2O2. The van der Waals surface area contributed by atoms with Gasteiger partial charge in [-0.15, -0.1) is 0 Å². The zero-order valence-corrected chi connectivity index (χ0v) is 44.8. The van der Waals surface area contributed by atoms with Gasteiger partial charge in [-0.1, -0.05) is 194 Å². The van der Waals surface area contributed by atoms with Gasteiger partial charge in [-0.3, -0.25) is 0 Å². The summed E-state index contributed by atoms with van der Waals surface area (Å²) in [6.45, 7) is 8.93. The number of rotatable bonds is 8. The smallest absolute Gasteiger partial charge is 0.143 e. The van der Waals surface area contributed by atoms with Crippen molar-refractivity contribution < 1.29 is 8.83 Å². The number of aryl methyl sites for hydroxylation is 4. The van der Waals surface area contributed by atoms with Crippen molar-refractivity contribution in [2.75, 3.05) is 9.80 Å². The van der Waals surface area contributed by atoms with Crippen LogP contribution in [-0.2, 0) is 0 Å². The molecule has 0 aliphatic carbocycles. The minimum absolute atomic E-state index is 0.896. The molecule has 2 heterocycles. The molecule has 0 saturated heterocycles. The molecule has 0 spiro atoms. The first-order valence-corrected chi connectivity index (χ1v) is 27.6. The fraction of sp³-hybridized carbons (Fsp3) is 0.0526. The fourth-order valence-electron chi connectivity index (χ4n) is 13.5. The van der Waals surface area contributed by atoms with Crippen molar-refractivity contribution in [2.45, 2.75) is 27.7 Å². The van der Waals surface area contributed by atoms with Gasteiger partial charge >= 0.3 is 0 Å². The Balaban J connectivity index is 0.885. The average Bonchev–Trinajstić information content (AvgIpc) is 4.18. The van der Waals surface area contributed by atoms with E-state index in [1.165, 1.54) is 87.5 Å². The second-order valence-corrected chi connectivity index (χ2v) is 21.7. The van der Waals surface area contributed by atoms with E-state index in [1.807, 2.05) is 0 Å². The van der Waals surface area contributed by atoms with Crippen LogP contribution < -0.4 is 9.80 Å². The van der Waals surface area contributed by atoms with E-state index in [9.17, 15) is 0 Å². The van der Waals surface area contributed by atoms with Gasteiger partial charge in [0.2, 0.25) is 0 Å². The Morgan fingerprint density at radius 2 is 0.650 bits per heavy atom. The van der Waals surface area contributed by atoms with Crippen molar-refractivity contribution in [2.24, 2.45) is 0 Å². The number of hydrogen-bond acceptors (Lipinski definition) is 4. The fourth-order valence-corrected chi connectivity index (χ4v) is 13.5. The number of para-hydroxylation sites is 4. The SMILES string of the molecule is Cc1cccc(C)c1N(c1cccc(-c2cccc3c2oc2ccc4ccccc4c23)c1)c1ccc2ccc3c(N(c4cccc(-c5cccc6c5oc5ccc7ccccc7c56)c4)c4c(C)cccc4C)ccc4ccc1c2c43. The van der Waals surface area contributed by atoms with Gasteiger partial charge in [-0.2, -0.15) is 0 Å². The molecular weight excluding hydrogens is 973 g/mol. The van der Waals surface area contributed by atoms with Crippen LogP contribution in [0.1, 0.15) is 22.3 Å². The van der Waals surface area contributed by atoms with Crippen LogP contribution in [0.2, 0.25) is 0 Å². The molecule has 0 radical (unpaired) electrons. The Bertz CT molecular complexity index is 4850. The number of hydrogen-bond donors (Lipinski definition) is 0. The number of fused-ring (bicyclic) bond motifs is 10. The molecule has 4 heteroatoms. The van der Waals surface area contributed by atoms with Crippen molar-refractivity contribution in [3.05, 3.63) is 265 Å². The lowest BCUT2D eigenvalue weighted by Gasteiger charge is -2.32. The minimum atomic E-state index is 0.896. The van der Waals surface area contributed by atoms with Gasteiger partial charge in [0.25, 0.3) is 0 Å². The zero-order valence-electron chi connectivity index (χ0n) is 44.8. The summed E-state index contributed by atoms with van der Waals surface area (Å²) in [5.41, 5.74) is 19.4. The Morgan fingerprint density at radius 1 is 0.275 bits per heavy atom. The van der Waals surface area contributed by atoms with Crippen LogP contribution in [0.25, 0.3) is 120 Å². The lowest BCUT2D eigenvalue weighted by Crippen LogP contribution is -2.14. The number of furan rings is 2. The molecule has 0 unspecified atom stereocenters. The predicted molar refractivity (Wildman–Crippen MR) is 339 cm³/mol. The van der Waals surface area contributed by atoms with Crippen LogP contribution >= 0.6 is 0 Å². The van der Waals surface area contributed by atoms with Crippen LogP contribution in [0.5, 0.6) is 0 Å². The summed E-state index contributed by atoms with van der Waals surface area (Å²) in [4.78, 5) is 4.99. The molecule has 0 aliphatic heterocycles. The molecule has 80 heavy (non-hydrogen) atoms. The topological polar surface area (TPSA) is 32.8 Å². The molecule has 14 aromatic carbocycles. The van der Waals surface area contributed by atoms with Crippen LogP contribution in [0.15, 0.2) is 251 Å². The van der Waals surface area contributed by atoms with Crippen LogP contribution in [-0.4, -0.2) is 0 Å². The normalized spacial score (nSPS) is 12.0. The summed E-state index contributed by atoms with van der Waals surface area (Å²) in [5.74, 6) is 0. The van der Waals surface area contributed by atoms with E-state index in [4.69, 9.17) is 8.83 Å². The highest BCUT2D eigenvalue weighted by Crippen LogP contribution is 2.51. The largest absolute Gasteiger partial charge is 0.455 e. The first-order valence-electron chi connectivity index (χ1n) is 27.6. The molecule has 16 rings (SSSR count). The van der Waals surface area contributed by atoms with E-state index >= 15 is 0 Å². The summed E-state index contributed by atoms with van der Waals surface area (Å²) >= 11 is 0. The van der Waals surface area contributed by atoms with Gasteiger partial charge in [0, 0.05) is 54.8 Å². The molecule has 0 amide bonds. The molecule has 0 bridgehead atoms. The van der Waals surface area contributed by atoms with Crippen LogP contribution in [0.4, 0.5) is 34.1 Å². The van der Waals surface area contributed by atoms with E-state index < -0.39 is 0 Å². The summed E-state index contributed by atoms with van der Waals surface area (Å²) < 4.78 is 13.6. The van der Waals surface area contributed by atoms with Gasteiger partial charge in [0.15, 0.2) is 0 Å². The molecule has 0 N–H and O–H groups in total. The molecule has 4 nitrogen and oxygen atoms in total. The molecule has 0 atom stereocenters. The number of anilines is 6. The molecule has 16 aromatic rings. The second-order valence-electron chi connectivity index (χ2n) is 21.7. The van der Waals surface area contributed by atoms with E-state index in [-0.39, 0.29) is 0 Å². The molecule has 0 fully saturated rings. The highest BCUT2D eigenvalue weighted by molar-refractivity contribution is 6.29. The third-order valence-corrected chi connectivity index (χ3v) is 17.0. The third kappa shape index (κ3) is 6.88. The van der Waals surface area contributed by atoms with Crippen LogP contribution in [0.3, 0.4) is 0 Å². The van der Waals surface area contributed by atoms with E-state index in [1.54, 1.807) is 0 Å². The van der Waals surface area contributed by atoms with Crippen molar-refractivity contribution in [3.63, 3.8) is 0 Å². The van der Waals surface area contributed by atoms with Gasteiger partial charge < -0.3 is 18.6 Å². The average molecular weight is 1030 g/mol. The Morgan fingerprint density at radius 3 is 1.10 bits per heavy atom. The maximum absolute atomic E-state index is 6.82. The zero-order chi connectivity index (χ0) is 53.3. The summed E-state index contributed by atoms with van der Waals surface area (Å²) in [5, 5.41) is 16.6. The predicted octanol–water partition coefficient (Wildman–Crippen LogP) is 22.2. The molecule has 378 valence electrons. The van der Waals surface area contributed by atoms with Gasteiger partial charge in [-0.05, 0) is 153 Å². The standard InChI is InChI=1S/C76H52N2O2/c1-45-15-9-16-46(2)73(45)77(55-23-11-21-53(43-55)59-27-13-29-63-71-57-25-7-5-19-49(57)35-41-67(71)79-75(59)63)65-39-33-51-32-38-62-66(40-34-52-31-37-61(65)69(51)70(52)62)78(74-47(3)17-10-18-48(74)4)56-24-12-22-54(44-56)60-28-14-30-64-72-58-26-8-6-20-50(58)36-42-68(72)80-76(60)64/h5-44H,1-4H3. The van der Waals surface area contributed by atoms with E-state index in [0.29, 0.717) is 0 Å². The van der Waals surface area contributed by atoms with Crippen LogP contribution in [0, 0.1) is 27.7 Å². The monoisotopic (exact) mass is 1020 g/mol. The Hall–Kier alpha value is -10.2. The van der Waals surface area contributed by atoms with E-state index in [0.717, 1.165) is 88.9 Å². The highest BCUT2D eigenvalue weighted by Gasteiger charge is 2.26. The molecule has 0 aliphatic rings. The molecule has 0 saturated carbocycles. The van der Waals surface area contributed by atoms with Gasteiger partial charge in [-0.25, -0.2) is 0 Å². The van der Waals surface area contributed by atoms with Crippen molar-refractivity contribution >= 4 is 132 Å². The second kappa shape index (κ2) is 17.7. The number of nitrogens with zero attached hydrogens (tertiary/aromatic N) is 2. The quantitative estimate of drug-likeness (QED) is 0.142. The lowest BCUT2D eigenvalue weighted by atomic mass is 9.91. The maximum atomic E-state index is 6.82. The first-order chi connectivity index (χ1) is 39.3. The maximum Gasteiger partial charge on any atom is 0.143 e. The van der Waals surface area contributed by atoms with E-state index in [2.05, 4.69) is 280 Å². The highest BCUT2D eigenvalue weighted by atomic mass is 16.3. The van der Waals surface area contributed by atoms with Gasteiger partial charge in [0.05, 0.1) is 22.7 Å². The summed E-state index contributed by atoms with van der Waals surface area (Å²) in [7, 11) is 0. The molecule has 2 aromatic heterocycles. The Labute approximate surface area is 462 Å². The first kappa shape index (κ1) is 46.0. The van der Waals surface area contributed by atoms with Crippen molar-refractivity contribution in [1.29, 1.82) is 0 Å². The van der Waals surface area contributed by atoms with Crippen molar-refractivity contribution in [1.82, 2.24) is 0 Å². The third-order valence-electron chi connectivity index (χ3n) is 17.0.